The predicted octanol–water partition coefficient (Wildman–Crippen LogP) is 0.942. The lowest BCUT2D eigenvalue weighted by Crippen LogP contribution is -2.48. The summed E-state index contributed by atoms with van der Waals surface area (Å²) < 4.78 is 10.9. The molecule has 5 nitrogen and oxygen atoms in total. The van der Waals surface area contributed by atoms with Crippen molar-refractivity contribution in [2.75, 3.05) is 26.8 Å². The first-order valence-corrected chi connectivity index (χ1v) is 6.41. The number of ether oxygens (including phenoxy) is 2. The normalized spacial score (nSPS) is 21.0. The minimum atomic E-state index is -0.468. The van der Waals surface area contributed by atoms with Gasteiger partial charge in [0, 0.05) is 6.54 Å². The summed E-state index contributed by atoms with van der Waals surface area (Å²) >= 11 is 0. The molecule has 0 bridgehead atoms. The van der Waals surface area contributed by atoms with Gasteiger partial charge in [0.1, 0.15) is 11.9 Å². The second-order valence-electron chi connectivity index (χ2n) is 4.71. The quantitative estimate of drug-likeness (QED) is 0.882. The second-order valence-corrected chi connectivity index (χ2v) is 4.71. The van der Waals surface area contributed by atoms with Crippen molar-refractivity contribution in [1.29, 1.82) is 0 Å². The molecule has 0 aromatic heterocycles. The summed E-state index contributed by atoms with van der Waals surface area (Å²) in [6.07, 6.45) is -0.119. The van der Waals surface area contributed by atoms with Crippen LogP contribution < -0.4 is 10.5 Å². The van der Waals surface area contributed by atoms with Crippen LogP contribution in [0.3, 0.4) is 0 Å². The molecule has 1 aromatic carbocycles. The van der Waals surface area contributed by atoms with Gasteiger partial charge in [0.05, 0.1) is 26.3 Å². The summed E-state index contributed by atoms with van der Waals surface area (Å²) in [6.45, 7) is 3.37. The monoisotopic (exact) mass is 264 g/mol. The number of hydrogen-bond donors (Lipinski definition) is 1. The maximum atomic E-state index is 11.9. The van der Waals surface area contributed by atoms with Crippen LogP contribution in [0.5, 0.6) is 5.75 Å². The van der Waals surface area contributed by atoms with Crippen LogP contribution in [0.4, 0.5) is 0 Å². The lowest BCUT2D eigenvalue weighted by atomic mass is 10.1. The molecule has 2 rings (SSSR count). The number of rotatable bonds is 3. The van der Waals surface area contributed by atoms with Crippen molar-refractivity contribution in [1.82, 2.24) is 4.90 Å². The molecule has 1 unspecified atom stereocenters. The van der Waals surface area contributed by atoms with Gasteiger partial charge in [0.2, 0.25) is 5.91 Å². The average Bonchev–Trinajstić information content (AvgIpc) is 2.46. The maximum Gasteiger partial charge on any atom is 0.239 e. The number of carbonyl (C=O) groups excluding carboxylic acids is 1. The van der Waals surface area contributed by atoms with Gasteiger partial charge in [-0.25, -0.2) is 0 Å². The van der Waals surface area contributed by atoms with Crippen LogP contribution in [-0.2, 0) is 9.53 Å². The highest BCUT2D eigenvalue weighted by atomic mass is 16.5. The molecule has 1 fully saturated rings. The fourth-order valence-electron chi connectivity index (χ4n) is 2.18. The molecule has 2 N–H and O–H groups in total. The van der Waals surface area contributed by atoms with Crippen LogP contribution in [-0.4, -0.2) is 43.7 Å². The zero-order valence-electron chi connectivity index (χ0n) is 11.3. The Bertz CT molecular complexity index is 448. The smallest absolute Gasteiger partial charge is 0.239 e. The van der Waals surface area contributed by atoms with Gasteiger partial charge in [-0.1, -0.05) is 12.1 Å². The van der Waals surface area contributed by atoms with Crippen LogP contribution in [0.25, 0.3) is 0 Å². The molecular formula is C14H20N2O3. The molecule has 1 amide bonds. The number of amides is 1. The number of nitrogens with zero attached hydrogens (tertiary/aromatic N) is 1. The number of nitrogens with two attached hydrogens (primary N) is 1. The third-order valence-electron chi connectivity index (χ3n) is 3.23. The van der Waals surface area contributed by atoms with E-state index in [9.17, 15) is 4.79 Å². The standard InChI is InChI=1S/C14H20N2O3/c1-10(15)14(17)16-6-7-19-13(9-16)11-4-3-5-12(8-11)18-2/h3-5,8,10,13H,6-7,9,15H2,1-2H3/t10-,13?/m1/s1. The van der Waals surface area contributed by atoms with Crippen molar-refractivity contribution in [3.8, 4) is 5.75 Å². The van der Waals surface area contributed by atoms with E-state index < -0.39 is 6.04 Å². The molecule has 0 saturated carbocycles. The van der Waals surface area contributed by atoms with Gasteiger partial charge < -0.3 is 20.1 Å². The van der Waals surface area contributed by atoms with E-state index in [1.165, 1.54) is 0 Å². The lowest BCUT2D eigenvalue weighted by Gasteiger charge is -2.34. The van der Waals surface area contributed by atoms with Gasteiger partial charge in [0.15, 0.2) is 0 Å². The summed E-state index contributed by atoms with van der Waals surface area (Å²) in [7, 11) is 1.63. The predicted molar refractivity (Wildman–Crippen MR) is 71.9 cm³/mol. The first-order valence-electron chi connectivity index (χ1n) is 6.41. The van der Waals surface area contributed by atoms with Crippen molar-refractivity contribution in [2.24, 2.45) is 5.73 Å². The highest BCUT2D eigenvalue weighted by Gasteiger charge is 2.26. The molecule has 104 valence electrons. The van der Waals surface area contributed by atoms with Crippen molar-refractivity contribution >= 4 is 5.91 Å². The molecule has 1 saturated heterocycles. The van der Waals surface area contributed by atoms with E-state index in [1.807, 2.05) is 24.3 Å². The van der Waals surface area contributed by atoms with Crippen molar-refractivity contribution in [3.63, 3.8) is 0 Å². The topological polar surface area (TPSA) is 64.8 Å². The van der Waals surface area contributed by atoms with Crippen LogP contribution in [0.15, 0.2) is 24.3 Å². The molecule has 1 aliphatic heterocycles. The number of benzene rings is 1. The Morgan fingerprint density at radius 3 is 3.05 bits per heavy atom. The zero-order valence-corrected chi connectivity index (χ0v) is 11.3. The SMILES string of the molecule is COc1cccc(C2CN(C(=O)[C@@H](C)N)CCO2)c1. The summed E-state index contributed by atoms with van der Waals surface area (Å²) in [5, 5.41) is 0. The average molecular weight is 264 g/mol. The highest BCUT2D eigenvalue weighted by Crippen LogP contribution is 2.25. The van der Waals surface area contributed by atoms with Gasteiger partial charge >= 0.3 is 0 Å². The molecule has 1 aliphatic rings. The van der Waals surface area contributed by atoms with E-state index >= 15 is 0 Å². The Morgan fingerprint density at radius 2 is 2.37 bits per heavy atom. The molecule has 2 atom stereocenters. The van der Waals surface area contributed by atoms with Crippen LogP contribution in [0.1, 0.15) is 18.6 Å². The zero-order chi connectivity index (χ0) is 13.8. The number of carbonyl (C=O) groups is 1. The van der Waals surface area contributed by atoms with Crippen LogP contribution in [0.2, 0.25) is 0 Å². The Kier molecular flexibility index (Phi) is 4.39. The van der Waals surface area contributed by atoms with E-state index in [0.29, 0.717) is 19.7 Å². The summed E-state index contributed by atoms with van der Waals surface area (Å²) in [5.74, 6) is 0.757. The molecule has 1 aromatic rings. The largest absolute Gasteiger partial charge is 0.497 e. The molecule has 5 heteroatoms. The summed E-state index contributed by atoms with van der Waals surface area (Å²) in [6, 6.07) is 7.25. The van der Waals surface area contributed by atoms with Gasteiger partial charge in [0.25, 0.3) is 0 Å². The van der Waals surface area contributed by atoms with Gasteiger partial charge in [-0.05, 0) is 24.6 Å². The van der Waals surface area contributed by atoms with E-state index in [-0.39, 0.29) is 12.0 Å². The number of morpholine rings is 1. The molecule has 0 radical (unpaired) electrons. The minimum absolute atomic E-state index is 0.0313. The summed E-state index contributed by atoms with van der Waals surface area (Å²) in [4.78, 5) is 13.7. The van der Waals surface area contributed by atoms with Gasteiger partial charge in [-0.3, -0.25) is 4.79 Å². The molecule has 0 aliphatic carbocycles. The minimum Gasteiger partial charge on any atom is -0.497 e. The molecule has 1 heterocycles. The Labute approximate surface area is 113 Å². The highest BCUT2D eigenvalue weighted by molar-refractivity contribution is 5.81. The van der Waals surface area contributed by atoms with Crippen molar-refractivity contribution in [3.05, 3.63) is 29.8 Å². The number of methoxy groups -OCH3 is 1. The molecular weight excluding hydrogens is 244 g/mol. The van der Waals surface area contributed by atoms with E-state index in [2.05, 4.69) is 0 Å². The third kappa shape index (κ3) is 3.24. The van der Waals surface area contributed by atoms with Crippen molar-refractivity contribution < 1.29 is 14.3 Å². The lowest BCUT2D eigenvalue weighted by molar-refractivity contribution is -0.140. The first kappa shape index (κ1) is 13.8. The van der Waals surface area contributed by atoms with E-state index in [1.54, 1.807) is 18.9 Å². The number of hydrogen-bond acceptors (Lipinski definition) is 4. The van der Waals surface area contributed by atoms with Gasteiger partial charge in [-0.2, -0.15) is 0 Å². The fraction of sp³-hybridized carbons (Fsp3) is 0.500. The van der Waals surface area contributed by atoms with Crippen LogP contribution >= 0.6 is 0 Å². The Morgan fingerprint density at radius 1 is 1.58 bits per heavy atom. The third-order valence-corrected chi connectivity index (χ3v) is 3.23. The Balaban J connectivity index is 2.10. The van der Waals surface area contributed by atoms with E-state index in [4.69, 9.17) is 15.2 Å². The molecule has 19 heavy (non-hydrogen) atoms. The van der Waals surface area contributed by atoms with Gasteiger partial charge in [-0.15, -0.1) is 0 Å². The fourth-order valence-corrected chi connectivity index (χ4v) is 2.18. The van der Waals surface area contributed by atoms with E-state index in [0.717, 1.165) is 11.3 Å². The van der Waals surface area contributed by atoms with Crippen LogP contribution in [0, 0.1) is 0 Å². The molecule has 0 spiro atoms. The Hall–Kier alpha value is -1.59. The summed E-state index contributed by atoms with van der Waals surface area (Å²) in [5.41, 5.74) is 6.66. The second kappa shape index (κ2) is 6.04. The first-order chi connectivity index (χ1) is 9.11. The maximum absolute atomic E-state index is 11.9. The van der Waals surface area contributed by atoms with Crippen molar-refractivity contribution in [2.45, 2.75) is 19.1 Å².